The van der Waals surface area contributed by atoms with E-state index in [4.69, 9.17) is 9.47 Å². The van der Waals surface area contributed by atoms with Crippen LogP contribution in [0.4, 0.5) is 0 Å². The molecule has 0 saturated carbocycles. The van der Waals surface area contributed by atoms with Crippen molar-refractivity contribution < 1.29 is 9.47 Å². The summed E-state index contributed by atoms with van der Waals surface area (Å²) in [6.45, 7) is 7.75. The van der Waals surface area contributed by atoms with Gasteiger partial charge in [0.25, 0.3) is 0 Å². The third-order valence-corrected chi connectivity index (χ3v) is 4.04. The molecule has 2 rings (SSSR count). The average molecular weight is 291 g/mol. The van der Waals surface area contributed by atoms with Gasteiger partial charge in [-0.25, -0.2) is 0 Å². The van der Waals surface area contributed by atoms with E-state index in [1.54, 1.807) is 0 Å². The lowest BCUT2D eigenvalue weighted by Gasteiger charge is -2.23. The summed E-state index contributed by atoms with van der Waals surface area (Å²) in [5.41, 5.74) is 2.48. The molecule has 1 heterocycles. The lowest BCUT2D eigenvalue weighted by molar-refractivity contribution is 0.108. The Balaban J connectivity index is 1.50. The molecule has 1 aliphatic heterocycles. The van der Waals surface area contributed by atoms with E-state index in [1.165, 1.54) is 36.9 Å². The lowest BCUT2D eigenvalue weighted by Crippen LogP contribution is -2.34. The predicted molar refractivity (Wildman–Crippen MR) is 87.1 cm³/mol. The van der Waals surface area contributed by atoms with E-state index in [-0.39, 0.29) is 0 Å². The molecule has 1 unspecified atom stereocenters. The summed E-state index contributed by atoms with van der Waals surface area (Å²) in [6, 6.07) is 6.98. The van der Waals surface area contributed by atoms with E-state index in [1.807, 2.05) is 0 Å². The second-order valence-electron chi connectivity index (χ2n) is 6.02. The highest BCUT2D eigenvalue weighted by Crippen LogP contribution is 2.18. The van der Waals surface area contributed by atoms with Crippen molar-refractivity contribution in [2.75, 3.05) is 26.4 Å². The zero-order valence-corrected chi connectivity index (χ0v) is 13.5. The van der Waals surface area contributed by atoms with Crippen LogP contribution in [0, 0.1) is 13.8 Å². The Labute approximate surface area is 129 Å². The Morgan fingerprint density at radius 2 is 2.05 bits per heavy atom. The molecule has 0 spiro atoms. The maximum atomic E-state index is 5.80. The second kappa shape index (κ2) is 9.06. The topological polar surface area (TPSA) is 30.5 Å². The van der Waals surface area contributed by atoms with Gasteiger partial charge in [0, 0.05) is 25.7 Å². The molecule has 21 heavy (non-hydrogen) atoms. The first kappa shape index (κ1) is 16.3. The number of hydrogen-bond acceptors (Lipinski definition) is 3. The Morgan fingerprint density at radius 1 is 1.14 bits per heavy atom. The van der Waals surface area contributed by atoms with Crippen LogP contribution >= 0.6 is 0 Å². The monoisotopic (exact) mass is 291 g/mol. The zero-order chi connectivity index (χ0) is 14.9. The molecule has 0 aromatic heterocycles. The molecule has 1 aromatic carbocycles. The average Bonchev–Trinajstić information content (AvgIpc) is 2.49. The van der Waals surface area contributed by atoms with Crippen LogP contribution in [0.1, 0.15) is 43.2 Å². The van der Waals surface area contributed by atoms with Crippen LogP contribution < -0.4 is 10.1 Å². The molecule has 0 radical (unpaired) electrons. The predicted octanol–water partition coefficient (Wildman–Crippen LogP) is 3.62. The SMILES string of the molecule is Cc1ccc(OCCCOCCC2CCCCN2)c(C)c1. The highest BCUT2D eigenvalue weighted by atomic mass is 16.5. The molecule has 1 atom stereocenters. The molecule has 1 aliphatic rings. The fraction of sp³-hybridized carbons (Fsp3) is 0.667. The van der Waals surface area contributed by atoms with Crippen LogP contribution in [0.15, 0.2) is 18.2 Å². The molecular formula is C18H29NO2. The van der Waals surface area contributed by atoms with Gasteiger partial charge in [-0.2, -0.15) is 0 Å². The van der Waals surface area contributed by atoms with Crippen molar-refractivity contribution in [1.29, 1.82) is 0 Å². The molecule has 118 valence electrons. The van der Waals surface area contributed by atoms with E-state index in [0.717, 1.165) is 38.4 Å². The maximum absolute atomic E-state index is 5.80. The van der Waals surface area contributed by atoms with E-state index < -0.39 is 0 Å². The summed E-state index contributed by atoms with van der Waals surface area (Å²) in [7, 11) is 0. The summed E-state index contributed by atoms with van der Waals surface area (Å²) in [6.07, 6.45) is 6.08. The minimum absolute atomic E-state index is 0.671. The first-order valence-corrected chi connectivity index (χ1v) is 8.27. The van der Waals surface area contributed by atoms with Crippen LogP contribution in [-0.2, 0) is 4.74 Å². The summed E-state index contributed by atoms with van der Waals surface area (Å²) in [5.74, 6) is 0.993. The smallest absolute Gasteiger partial charge is 0.122 e. The number of rotatable bonds is 8. The van der Waals surface area contributed by atoms with Crippen LogP contribution in [-0.4, -0.2) is 32.4 Å². The van der Waals surface area contributed by atoms with E-state index in [2.05, 4.69) is 37.4 Å². The molecule has 1 N–H and O–H groups in total. The van der Waals surface area contributed by atoms with Gasteiger partial charge in [-0.3, -0.25) is 0 Å². The van der Waals surface area contributed by atoms with Crippen LogP contribution in [0.3, 0.4) is 0 Å². The van der Waals surface area contributed by atoms with E-state index in [0.29, 0.717) is 6.04 Å². The fourth-order valence-electron chi connectivity index (χ4n) is 2.80. The number of piperidine rings is 1. The van der Waals surface area contributed by atoms with Crippen LogP contribution in [0.2, 0.25) is 0 Å². The molecule has 0 amide bonds. The Bertz CT molecular complexity index is 414. The number of nitrogens with one attached hydrogen (secondary N) is 1. The lowest BCUT2D eigenvalue weighted by atomic mass is 10.0. The number of benzene rings is 1. The van der Waals surface area contributed by atoms with Gasteiger partial charge >= 0.3 is 0 Å². The first-order chi connectivity index (χ1) is 10.3. The quantitative estimate of drug-likeness (QED) is 0.742. The summed E-state index contributed by atoms with van der Waals surface area (Å²) >= 11 is 0. The number of hydrogen-bond donors (Lipinski definition) is 1. The molecular weight excluding hydrogens is 262 g/mol. The Kier molecular flexibility index (Phi) is 7.04. The maximum Gasteiger partial charge on any atom is 0.122 e. The van der Waals surface area contributed by atoms with Gasteiger partial charge in [0.1, 0.15) is 5.75 Å². The van der Waals surface area contributed by atoms with Gasteiger partial charge in [-0.1, -0.05) is 24.1 Å². The van der Waals surface area contributed by atoms with Crippen molar-refractivity contribution in [2.45, 2.75) is 52.0 Å². The highest BCUT2D eigenvalue weighted by molar-refractivity contribution is 5.35. The van der Waals surface area contributed by atoms with Crippen molar-refractivity contribution >= 4 is 0 Å². The van der Waals surface area contributed by atoms with Crippen LogP contribution in [0.25, 0.3) is 0 Å². The third kappa shape index (κ3) is 6.06. The zero-order valence-electron chi connectivity index (χ0n) is 13.5. The van der Waals surface area contributed by atoms with Crippen LogP contribution in [0.5, 0.6) is 5.75 Å². The minimum atomic E-state index is 0.671. The fourth-order valence-corrected chi connectivity index (χ4v) is 2.80. The number of ether oxygens (including phenoxy) is 2. The first-order valence-electron chi connectivity index (χ1n) is 8.27. The van der Waals surface area contributed by atoms with Gasteiger partial charge in [0.05, 0.1) is 6.61 Å². The third-order valence-electron chi connectivity index (χ3n) is 4.04. The van der Waals surface area contributed by atoms with Crippen molar-refractivity contribution in [2.24, 2.45) is 0 Å². The number of aryl methyl sites for hydroxylation is 2. The highest BCUT2D eigenvalue weighted by Gasteiger charge is 2.11. The summed E-state index contributed by atoms with van der Waals surface area (Å²) < 4.78 is 11.5. The largest absolute Gasteiger partial charge is 0.493 e. The van der Waals surface area contributed by atoms with Crippen molar-refractivity contribution in [1.82, 2.24) is 5.32 Å². The minimum Gasteiger partial charge on any atom is -0.493 e. The van der Waals surface area contributed by atoms with Gasteiger partial charge in [-0.15, -0.1) is 0 Å². The molecule has 3 heteroatoms. The van der Waals surface area contributed by atoms with Gasteiger partial charge in [0.15, 0.2) is 0 Å². The molecule has 3 nitrogen and oxygen atoms in total. The van der Waals surface area contributed by atoms with Crippen molar-refractivity contribution in [3.63, 3.8) is 0 Å². The summed E-state index contributed by atoms with van der Waals surface area (Å²) in [4.78, 5) is 0. The molecule has 1 aromatic rings. The second-order valence-corrected chi connectivity index (χ2v) is 6.02. The van der Waals surface area contributed by atoms with Gasteiger partial charge in [-0.05, 0) is 51.3 Å². The van der Waals surface area contributed by atoms with Crippen molar-refractivity contribution in [3.8, 4) is 5.75 Å². The van der Waals surface area contributed by atoms with Crippen molar-refractivity contribution in [3.05, 3.63) is 29.3 Å². The standard InChI is InChI=1S/C18H29NO2/c1-15-7-8-18(16(2)14-15)21-12-5-11-20-13-9-17-6-3-4-10-19-17/h7-8,14,17,19H,3-6,9-13H2,1-2H3. The molecule has 1 fully saturated rings. The molecule has 0 aliphatic carbocycles. The molecule has 0 bridgehead atoms. The van der Waals surface area contributed by atoms with Gasteiger partial charge < -0.3 is 14.8 Å². The van der Waals surface area contributed by atoms with E-state index in [9.17, 15) is 0 Å². The molecule has 1 saturated heterocycles. The van der Waals surface area contributed by atoms with Gasteiger partial charge in [0.2, 0.25) is 0 Å². The Morgan fingerprint density at radius 3 is 2.81 bits per heavy atom. The summed E-state index contributed by atoms with van der Waals surface area (Å²) in [5, 5.41) is 3.55. The normalized spacial score (nSPS) is 18.7. The van der Waals surface area contributed by atoms with E-state index >= 15 is 0 Å². The Hall–Kier alpha value is -1.06.